The zero-order chi connectivity index (χ0) is 23.4. The van der Waals surface area contributed by atoms with Gasteiger partial charge in [-0.05, 0) is 48.6 Å². The van der Waals surface area contributed by atoms with E-state index in [1.807, 2.05) is 6.07 Å². The number of fused-ring (bicyclic) bond motifs is 1. The van der Waals surface area contributed by atoms with E-state index >= 15 is 0 Å². The van der Waals surface area contributed by atoms with Gasteiger partial charge in [-0.15, -0.1) is 0 Å². The molecule has 2 aromatic carbocycles. The molecule has 0 spiro atoms. The highest BCUT2D eigenvalue weighted by molar-refractivity contribution is 5.89. The number of benzene rings is 2. The van der Waals surface area contributed by atoms with Crippen LogP contribution in [-0.2, 0) is 6.54 Å². The molecule has 2 N–H and O–H groups in total. The summed E-state index contributed by atoms with van der Waals surface area (Å²) in [5, 5.41) is 3.38. The number of halogens is 2. The van der Waals surface area contributed by atoms with Crippen LogP contribution in [0, 0.1) is 11.6 Å². The SMILES string of the molecule is COc1ccc2cc(CN(C(=O)Nc3ccc(F)cc3F)C3CCCCCC3)c(=O)[nH]c2c1. The molecule has 4 rings (SSSR count). The Morgan fingerprint density at radius 1 is 1.09 bits per heavy atom. The number of nitrogens with zero attached hydrogens (tertiary/aromatic N) is 1. The lowest BCUT2D eigenvalue weighted by Crippen LogP contribution is -2.43. The normalized spacial score (nSPS) is 14.6. The summed E-state index contributed by atoms with van der Waals surface area (Å²) in [6.07, 6.45) is 5.76. The van der Waals surface area contributed by atoms with Crippen molar-refractivity contribution < 1.29 is 18.3 Å². The summed E-state index contributed by atoms with van der Waals surface area (Å²) in [6.45, 7) is 0.0800. The van der Waals surface area contributed by atoms with E-state index < -0.39 is 17.7 Å². The largest absolute Gasteiger partial charge is 0.497 e. The number of pyridine rings is 1. The van der Waals surface area contributed by atoms with E-state index in [1.165, 1.54) is 6.07 Å². The maximum absolute atomic E-state index is 14.2. The summed E-state index contributed by atoms with van der Waals surface area (Å²) in [5.41, 5.74) is 0.684. The van der Waals surface area contributed by atoms with Gasteiger partial charge in [0.05, 0.1) is 24.9 Å². The number of hydrogen-bond donors (Lipinski definition) is 2. The van der Waals surface area contributed by atoms with Crippen LogP contribution in [0.3, 0.4) is 0 Å². The van der Waals surface area contributed by atoms with Crippen molar-refractivity contribution in [2.75, 3.05) is 12.4 Å². The van der Waals surface area contributed by atoms with Gasteiger partial charge >= 0.3 is 6.03 Å². The number of H-pyrrole nitrogens is 1. The number of nitrogens with one attached hydrogen (secondary N) is 2. The van der Waals surface area contributed by atoms with Crippen molar-refractivity contribution in [1.29, 1.82) is 0 Å². The second-order valence-corrected chi connectivity index (χ2v) is 8.40. The van der Waals surface area contributed by atoms with Crippen LogP contribution in [0.5, 0.6) is 5.75 Å². The molecule has 0 aliphatic heterocycles. The maximum Gasteiger partial charge on any atom is 0.322 e. The number of anilines is 1. The second-order valence-electron chi connectivity index (χ2n) is 8.40. The van der Waals surface area contributed by atoms with Gasteiger partial charge in [-0.2, -0.15) is 0 Å². The van der Waals surface area contributed by atoms with Crippen LogP contribution in [0.2, 0.25) is 0 Å². The van der Waals surface area contributed by atoms with Gasteiger partial charge in [-0.25, -0.2) is 13.6 Å². The van der Waals surface area contributed by atoms with Crippen molar-refractivity contribution in [1.82, 2.24) is 9.88 Å². The van der Waals surface area contributed by atoms with Crippen LogP contribution in [0.25, 0.3) is 10.9 Å². The van der Waals surface area contributed by atoms with E-state index in [9.17, 15) is 18.4 Å². The van der Waals surface area contributed by atoms with Crippen LogP contribution in [0.1, 0.15) is 44.1 Å². The van der Waals surface area contributed by atoms with Gasteiger partial charge < -0.3 is 19.9 Å². The molecule has 174 valence electrons. The van der Waals surface area contributed by atoms with Crippen LogP contribution in [0.4, 0.5) is 19.3 Å². The minimum absolute atomic E-state index is 0.0800. The summed E-state index contributed by atoms with van der Waals surface area (Å²) in [4.78, 5) is 30.6. The number of hydrogen-bond acceptors (Lipinski definition) is 3. The number of aromatic nitrogens is 1. The number of ether oxygens (including phenoxy) is 1. The molecule has 1 aromatic heterocycles. The molecule has 1 heterocycles. The minimum atomic E-state index is -0.846. The zero-order valence-corrected chi connectivity index (χ0v) is 18.5. The Hall–Kier alpha value is -3.42. The van der Waals surface area contributed by atoms with Crippen molar-refractivity contribution in [3.8, 4) is 5.75 Å². The number of methoxy groups -OCH3 is 1. The quantitative estimate of drug-likeness (QED) is 0.494. The fourth-order valence-corrected chi connectivity index (χ4v) is 4.37. The number of urea groups is 1. The second kappa shape index (κ2) is 10.0. The fourth-order valence-electron chi connectivity index (χ4n) is 4.37. The molecule has 0 bridgehead atoms. The lowest BCUT2D eigenvalue weighted by Gasteiger charge is -2.31. The van der Waals surface area contributed by atoms with Gasteiger partial charge in [0.1, 0.15) is 17.4 Å². The highest BCUT2D eigenvalue weighted by Crippen LogP contribution is 2.26. The molecule has 1 aliphatic carbocycles. The van der Waals surface area contributed by atoms with E-state index in [0.717, 1.165) is 56.0 Å². The van der Waals surface area contributed by atoms with Crippen LogP contribution >= 0.6 is 0 Å². The third-order valence-electron chi connectivity index (χ3n) is 6.17. The first-order valence-corrected chi connectivity index (χ1v) is 11.2. The Morgan fingerprint density at radius 2 is 1.85 bits per heavy atom. The van der Waals surface area contributed by atoms with Gasteiger partial charge in [-0.3, -0.25) is 4.79 Å². The summed E-state index contributed by atoms with van der Waals surface area (Å²) in [6, 6.07) is 9.59. The van der Waals surface area contributed by atoms with Gasteiger partial charge in [0.2, 0.25) is 0 Å². The molecular formula is C25H27F2N3O3. The maximum atomic E-state index is 14.2. The molecule has 0 atom stereocenters. The number of carbonyl (C=O) groups excluding carboxylic acids is 1. The van der Waals surface area contributed by atoms with Crippen LogP contribution < -0.4 is 15.6 Å². The molecule has 0 unspecified atom stereocenters. The number of rotatable bonds is 5. The predicted molar refractivity (Wildman–Crippen MR) is 124 cm³/mol. The molecule has 3 aromatic rings. The third-order valence-corrected chi connectivity index (χ3v) is 6.17. The first kappa shape index (κ1) is 22.8. The number of carbonyl (C=O) groups is 1. The van der Waals surface area contributed by atoms with E-state index in [4.69, 9.17) is 4.74 Å². The summed E-state index contributed by atoms with van der Waals surface area (Å²) >= 11 is 0. The Balaban J connectivity index is 1.65. The van der Waals surface area contributed by atoms with E-state index in [0.29, 0.717) is 16.8 Å². The number of aromatic amines is 1. The van der Waals surface area contributed by atoms with Crippen LogP contribution in [-0.4, -0.2) is 29.1 Å². The van der Waals surface area contributed by atoms with Crippen molar-refractivity contribution >= 4 is 22.6 Å². The lowest BCUT2D eigenvalue weighted by atomic mass is 10.1. The van der Waals surface area contributed by atoms with E-state index in [-0.39, 0.29) is 23.8 Å². The standard InChI is InChI=1S/C25H27F2N3O3/c1-33-20-10-8-16-12-17(24(31)28-23(16)14-20)15-30(19-6-4-2-3-5-7-19)25(32)29-22-11-9-18(26)13-21(22)27/h8-14,19H,2-7,15H2,1H3,(H,28,31)(H,29,32). The average Bonchev–Trinajstić information content (AvgIpc) is 3.08. The zero-order valence-electron chi connectivity index (χ0n) is 18.5. The fraction of sp³-hybridized carbons (Fsp3) is 0.360. The molecule has 8 heteroatoms. The summed E-state index contributed by atoms with van der Waals surface area (Å²) in [7, 11) is 1.56. The van der Waals surface area contributed by atoms with Crippen molar-refractivity contribution in [2.24, 2.45) is 0 Å². The molecule has 1 fully saturated rings. The molecule has 0 saturated heterocycles. The number of amides is 2. The predicted octanol–water partition coefficient (Wildman–Crippen LogP) is 5.57. The van der Waals surface area contributed by atoms with Gasteiger partial charge in [-0.1, -0.05) is 25.7 Å². The van der Waals surface area contributed by atoms with Gasteiger partial charge in [0.15, 0.2) is 0 Å². The molecular weight excluding hydrogens is 428 g/mol. The van der Waals surface area contributed by atoms with E-state index in [2.05, 4.69) is 10.3 Å². The smallest absolute Gasteiger partial charge is 0.322 e. The molecule has 2 amide bonds. The highest BCUT2D eigenvalue weighted by Gasteiger charge is 2.26. The Labute approximate surface area is 190 Å². The molecule has 1 saturated carbocycles. The van der Waals surface area contributed by atoms with Gasteiger partial charge in [0.25, 0.3) is 5.56 Å². The van der Waals surface area contributed by atoms with Crippen LogP contribution in [0.15, 0.2) is 47.3 Å². The Kier molecular flexibility index (Phi) is 6.91. The van der Waals surface area contributed by atoms with Crippen molar-refractivity contribution in [2.45, 2.75) is 51.1 Å². The summed E-state index contributed by atoms with van der Waals surface area (Å²) < 4.78 is 32.7. The molecule has 6 nitrogen and oxygen atoms in total. The first-order valence-electron chi connectivity index (χ1n) is 11.2. The topological polar surface area (TPSA) is 74.4 Å². The molecule has 33 heavy (non-hydrogen) atoms. The Morgan fingerprint density at radius 3 is 2.55 bits per heavy atom. The first-order chi connectivity index (χ1) is 15.9. The third kappa shape index (κ3) is 5.32. The molecule has 0 radical (unpaired) electrons. The molecule has 1 aliphatic rings. The van der Waals surface area contributed by atoms with Gasteiger partial charge in [0, 0.05) is 23.7 Å². The lowest BCUT2D eigenvalue weighted by molar-refractivity contribution is 0.175. The average molecular weight is 456 g/mol. The Bertz CT molecular complexity index is 1200. The summed E-state index contributed by atoms with van der Waals surface area (Å²) in [5.74, 6) is -0.932. The monoisotopic (exact) mass is 455 g/mol. The van der Waals surface area contributed by atoms with Crippen molar-refractivity contribution in [3.05, 3.63) is 70.0 Å². The minimum Gasteiger partial charge on any atom is -0.497 e. The van der Waals surface area contributed by atoms with E-state index in [1.54, 1.807) is 30.2 Å². The highest BCUT2D eigenvalue weighted by atomic mass is 19.1. The van der Waals surface area contributed by atoms with Crippen molar-refractivity contribution in [3.63, 3.8) is 0 Å².